The Labute approximate surface area is 93.8 Å². The van der Waals surface area contributed by atoms with E-state index in [9.17, 15) is 0 Å². The number of hydrogen-bond donors (Lipinski definition) is 0. The third-order valence-corrected chi connectivity index (χ3v) is 1.85. The molecule has 0 aromatic heterocycles. The molecule has 0 aromatic rings. The number of hydrogen-bond acceptors (Lipinski definition) is 1. The molecule has 0 saturated carbocycles. The molecule has 0 aliphatic rings. The van der Waals surface area contributed by atoms with E-state index in [1.165, 1.54) is 5.57 Å². The van der Waals surface area contributed by atoms with Gasteiger partial charge in [0.1, 0.15) is 0 Å². The largest absolute Gasteiger partial charge is 0.351 e. The molecule has 0 heterocycles. The molecule has 0 spiro atoms. The first kappa shape index (κ1) is 13.5. The predicted octanol–water partition coefficient (Wildman–Crippen LogP) is 4.04. The van der Waals surface area contributed by atoms with Crippen molar-refractivity contribution in [1.29, 1.82) is 0 Å². The number of nitrogens with zero attached hydrogens (tertiary/aromatic N) is 1. The Morgan fingerprint density at radius 3 is 2.13 bits per heavy atom. The second-order valence-electron chi connectivity index (χ2n) is 3.74. The van der Waals surface area contributed by atoms with Crippen molar-refractivity contribution < 1.29 is 0 Å². The Bertz CT molecular complexity index is 312. The Kier molecular flexibility index (Phi) is 6.19. The minimum absolute atomic E-state index is 1.10. The fourth-order valence-electron chi connectivity index (χ4n) is 1.14. The average molecular weight is 203 g/mol. The van der Waals surface area contributed by atoms with Crippen LogP contribution in [0, 0.1) is 0 Å². The maximum Gasteiger partial charge on any atom is 0.0405 e. The van der Waals surface area contributed by atoms with Gasteiger partial charge < -0.3 is 4.90 Å². The molecule has 0 aliphatic heterocycles. The van der Waals surface area contributed by atoms with Gasteiger partial charge in [0, 0.05) is 18.9 Å². The van der Waals surface area contributed by atoms with Gasteiger partial charge >= 0.3 is 0 Å². The molecule has 0 saturated heterocycles. The lowest BCUT2D eigenvalue weighted by Crippen LogP contribution is -2.09. The Morgan fingerprint density at radius 2 is 1.73 bits per heavy atom. The van der Waals surface area contributed by atoms with Crippen LogP contribution in [0.15, 0.2) is 60.5 Å². The van der Waals surface area contributed by atoms with Crippen molar-refractivity contribution in [2.45, 2.75) is 20.8 Å². The van der Waals surface area contributed by atoms with Crippen LogP contribution in [0.2, 0.25) is 0 Å². The first-order chi connectivity index (χ1) is 7.01. The third kappa shape index (κ3) is 5.74. The zero-order valence-corrected chi connectivity index (χ0v) is 10.2. The van der Waals surface area contributed by atoms with Gasteiger partial charge in [-0.1, -0.05) is 30.9 Å². The van der Waals surface area contributed by atoms with Crippen molar-refractivity contribution in [3.8, 4) is 0 Å². The second kappa shape index (κ2) is 6.88. The van der Waals surface area contributed by atoms with Crippen LogP contribution < -0.4 is 0 Å². The maximum atomic E-state index is 3.74. The summed E-state index contributed by atoms with van der Waals surface area (Å²) in [5.41, 5.74) is 3.50. The summed E-state index contributed by atoms with van der Waals surface area (Å²) in [6.07, 6.45) is 9.77. The molecule has 0 N–H and O–H groups in total. The predicted molar refractivity (Wildman–Crippen MR) is 69.4 cm³/mol. The van der Waals surface area contributed by atoms with Crippen molar-refractivity contribution >= 4 is 0 Å². The summed E-state index contributed by atoms with van der Waals surface area (Å²) in [4.78, 5) is 2.07. The lowest BCUT2D eigenvalue weighted by Gasteiger charge is -2.16. The van der Waals surface area contributed by atoms with Gasteiger partial charge in [-0.05, 0) is 38.5 Å². The van der Waals surface area contributed by atoms with Gasteiger partial charge in [-0.15, -0.1) is 0 Å². The van der Waals surface area contributed by atoms with Gasteiger partial charge in [-0.3, -0.25) is 0 Å². The van der Waals surface area contributed by atoms with E-state index >= 15 is 0 Å². The van der Waals surface area contributed by atoms with Crippen molar-refractivity contribution in [2.24, 2.45) is 0 Å². The molecule has 0 radical (unpaired) electrons. The summed E-state index contributed by atoms with van der Waals surface area (Å²) in [6.45, 7) is 13.6. The number of allylic oxidation sites excluding steroid dienone is 6. The first-order valence-corrected chi connectivity index (χ1v) is 5.02. The maximum absolute atomic E-state index is 3.74. The molecule has 15 heavy (non-hydrogen) atoms. The standard InChI is InChI=1S/C14H21N/c1-7-9-14(10-13(5)8-2)15(6)11-12(3)4/h7-11H,1-2H2,3-6H3/b13-10-,14-9+. The van der Waals surface area contributed by atoms with E-state index in [0.29, 0.717) is 0 Å². The Hall–Kier alpha value is -1.50. The molecule has 82 valence electrons. The SMILES string of the molecule is C=C/C=C(\C=C(\C)C=C)N(C)C=C(C)C. The highest BCUT2D eigenvalue weighted by atomic mass is 15.1. The molecule has 0 aromatic carbocycles. The second-order valence-corrected chi connectivity index (χ2v) is 3.74. The van der Waals surface area contributed by atoms with Gasteiger partial charge in [-0.25, -0.2) is 0 Å². The van der Waals surface area contributed by atoms with Gasteiger partial charge in [0.05, 0.1) is 0 Å². The van der Waals surface area contributed by atoms with Crippen molar-refractivity contribution in [2.75, 3.05) is 7.05 Å². The summed E-state index contributed by atoms with van der Waals surface area (Å²) in [5, 5.41) is 0. The highest BCUT2D eigenvalue weighted by molar-refractivity contribution is 5.30. The molecule has 0 amide bonds. The van der Waals surface area contributed by atoms with E-state index in [2.05, 4.69) is 44.2 Å². The minimum atomic E-state index is 1.10. The average Bonchev–Trinajstić information content (AvgIpc) is 2.15. The molecule has 0 atom stereocenters. The number of rotatable bonds is 5. The summed E-state index contributed by atoms with van der Waals surface area (Å²) in [6, 6.07) is 0. The van der Waals surface area contributed by atoms with Gasteiger partial charge in [0.15, 0.2) is 0 Å². The molecule has 1 heteroatoms. The summed E-state index contributed by atoms with van der Waals surface area (Å²) in [5.74, 6) is 0. The van der Waals surface area contributed by atoms with E-state index < -0.39 is 0 Å². The topological polar surface area (TPSA) is 3.24 Å². The molecule has 0 rings (SSSR count). The van der Waals surface area contributed by atoms with Crippen LogP contribution in [0.4, 0.5) is 0 Å². The van der Waals surface area contributed by atoms with E-state index in [1.54, 1.807) is 6.08 Å². The van der Waals surface area contributed by atoms with Gasteiger partial charge in [0.2, 0.25) is 0 Å². The van der Waals surface area contributed by atoms with E-state index in [4.69, 9.17) is 0 Å². The molecule has 0 bridgehead atoms. The van der Waals surface area contributed by atoms with Crippen LogP contribution in [0.1, 0.15) is 20.8 Å². The smallest absolute Gasteiger partial charge is 0.0405 e. The van der Waals surface area contributed by atoms with E-state index in [-0.39, 0.29) is 0 Å². The van der Waals surface area contributed by atoms with Crippen LogP contribution in [0.5, 0.6) is 0 Å². The van der Waals surface area contributed by atoms with Gasteiger partial charge in [0.25, 0.3) is 0 Å². The fourth-order valence-corrected chi connectivity index (χ4v) is 1.14. The van der Waals surface area contributed by atoms with Crippen LogP contribution in [-0.4, -0.2) is 11.9 Å². The molecular weight excluding hydrogens is 182 g/mol. The molecule has 0 unspecified atom stereocenters. The fraction of sp³-hybridized carbons (Fsp3) is 0.286. The zero-order chi connectivity index (χ0) is 11.8. The lowest BCUT2D eigenvalue weighted by molar-refractivity contribution is 0.582. The van der Waals surface area contributed by atoms with Crippen LogP contribution in [0.25, 0.3) is 0 Å². The Morgan fingerprint density at radius 1 is 1.13 bits per heavy atom. The van der Waals surface area contributed by atoms with Crippen molar-refractivity contribution in [3.63, 3.8) is 0 Å². The normalized spacial score (nSPS) is 12.0. The first-order valence-electron chi connectivity index (χ1n) is 5.02. The minimum Gasteiger partial charge on any atom is -0.351 e. The summed E-state index contributed by atoms with van der Waals surface area (Å²) < 4.78 is 0. The highest BCUT2D eigenvalue weighted by Gasteiger charge is 1.97. The van der Waals surface area contributed by atoms with Crippen molar-refractivity contribution in [1.82, 2.24) is 4.90 Å². The van der Waals surface area contributed by atoms with Crippen LogP contribution in [0.3, 0.4) is 0 Å². The zero-order valence-electron chi connectivity index (χ0n) is 10.2. The molecular formula is C14H21N. The van der Waals surface area contributed by atoms with Gasteiger partial charge in [-0.2, -0.15) is 0 Å². The summed E-state index contributed by atoms with van der Waals surface area (Å²) >= 11 is 0. The summed E-state index contributed by atoms with van der Waals surface area (Å²) in [7, 11) is 2.02. The van der Waals surface area contributed by atoms with E-state index in [1.807, 2.05) is 26.1 Å². The Balaban J connectivity index is 4.99. The van der Waals surface area contributed by atoms with Crippen LogP contribution in [-0.2, 0) is 0 Å². The highest BCUT2D eigenvalue weighted by Crippen LogP contribution is 2.10. The quantitative estimate of drug-likeness (QED) is 0.609. The molecule has 0 fully saturated rings. The van der Waals surface area contributed by atoms with Crippen LogP contribution >= 0.6 is 0 Å². The molecule has 1 nitrogen and oxygen atoms in total. The third-order valence-electron chi connectivity index (χ3n) is 1.85. The van der Waals surface area contributed by atoms with Crippen molar-refractivity contribution in [3.05, 3.63) is 60.5 Å². The lowest BCUT2D eigenvalue weighted by atomic mass is 10.2. The van der Waals surface area contributed by atoms with E-state index in [0.717, 1.165) is 11.3 Å². The molecule has 0 aliphatic carbocycles. The number of likely N-dealkylation sites (N-methyl/N-ethyl adjacent to an activating group) is 1. The monoisotopic (exact) mass is 203 g/mol.